The molecule has 1 N–H and O–H groups in total. The van der Waals surface area contributed by atoms with Crippen LogP contribution in [0.25, 0.3) is 0 Å². The Morgan fingerprint density at radius 3 is 3.12 bits per heavy atom. The molecule has 0 radical (unpaired) electrons. The maximum atomic E-state index is 10.5. The first kappa shape index (κ1) is 12.1. The van der Waals surface area contributed by atoms with Gasteiger partial charge in [-0.3, -0.25) is 4.79 Å². The zero-order chi connectivity index (χ0) is 12.3. The van der Waals surface area contributed by atoms with Crippen LogP contribution >= 0.6 is 23.1 Å². The molecule has 2 rings (SSSR count). The second-order valence-electron chi connectivity index (χ2n) is 3.40. The molecule has 0 unspecified atom stereocenters. The standard InChI is InChI=1S/C10H10N2O3S2/c1-6-2-8(15-12-6)5-17-10-11-7(4-16-10)3-9(13)14/h2,4H,3,5H2,1H3,(H,13,14). The summed E-state index contributed by atoms with van der Waals surface area (Å²) >= 11 is 2.96. The van der Waals surface area contributed by atoms with E-state index >= 15 is 0 Å². The first-order valence-corrected chi connectivity index (χ1v) is 6.71. The van der Waals surface area contributed by atoms with Crippen LogP contribution in [0, 0.1) is 6.92 Å². The largest absolute Gasteiger partial charge is 0.481 e. The van der Waals surface area contributed by atoms with Gasteiger partial charge >= 0.3 is 5.97 Å². The highest BCUT2D eigenvalue weighted by atomic mass is 32.2. The van der Waals surface area contributed by atoms with Gasteiger partial charge in [0, 0.05) is 11.4 Å². The predicted octanol–water partition coefficient (Wildman–Crippen LogP) is 2.36. The number of carbonyl (C=O) groups is 1. The van der Waals surface area contributed by atoms with Gasteiger partial charge in [-0.25, -0.2) is 4.98 Å². The molecule has 0 saturated carbocycles. The van der Waals surface area contributed by atoms with Gasteiger partial charge in [0.2, 0.25) is 0 Å². The third kappa shape index (κ3) is 3.57. The van der Waals surface area contributed by atoms with Crippen LogP contribution in [-0.4, -0.2) is 21.2 Å². The average Bonchev–Trinajstić information content (AvgIpc) is 2.84. The van der Waals surface area contributed by atoms with Crippen LogP contribution in [0.3, 0.4) is 0 Å². The van der Waals surface area contributed by atoms with Crippen LogP contribution in [0.15, 0.2) is 20.3 Å². The number of aryl methyl sites for hydroxylation is 1. The van der Waals surface area contributed by atoms with Crippen molar-refractivity contribution in [2.24, 2.45) is 0 Å². The molecule has 2 aromatic rings. The van der Waals surface area contributed by atoms with Gasteiger partial charge in [0.25, 0.3) is 0 Å². The van der Waals surface area contributed by atoms with E-state index in [-0.39, 0.29) is 6.42 Å². The van der Waals surface area contributed by atoms with Gasteiger partial charge in [0.15, 0.2) is 4.34 Å². The van der Waals surface area contributed by atoms with Crippen molar-refractivity contribution in [1.29, 1.82) is 0 Å². The van der Waals surface area contributed by atoms with Crippen molar-refractivity contribution in [3.63, 3.8) is 0 Å². The smallest absolute Gasteiger partial charge is 0.309 e. The van der Waals surface area contributed by atoms with Crippen LogP contribution in [0.4, 0.5) is 0 Å². The van der Waals surface area contributed by atoms with Crippen molar-refractivity contribution < 1.29 is 14.4 Å². The molecule has 0 spiro atoms. The van der Waals surface area contributed by atoms with Crippen LogP contribution < -0.4 is 0 Å². The van der Waals surface area contributed by atoms with E-state index in [0.29, 0.717) is 11.4 Å². The van der Waals surface area contributed by atoms with E-state index in [0.717, 1.165) is 15.8 Å². The maximum Gasteiger partial charge on any atom is 0.309 e. The summed E-state index contributed by atoms with van der Waals surface area (Å²) < 4.78 is 5.91. The van der Waals surface area contributed by atoms with Crippen LogP contribution in [0.2, 0.25) is 0 Å². The Kier molecular flexibility index (Phi) is 3.80. The highest BCUT2D eigenvalue weighted by Gasteiger charge is 2.08. The molecule has 2 heterocycles. The summed E-state index contributed by atoms with van der Waals surface area (Å²) in [6.07, 6.45) is -0.0293. The molecule has 0 fully saturated rings. The van der Waals surface area contributed by atoms with Crippen molar-refractivity contribution in [1.82, 2.24) is 10.1 Å². The summed E-state index contributed by atoms with van der Waals surface area (Å²) in [5, 5.41) is 14.2. The van der Waals surface area contributed by atoms with Gasteiger partial charge in [0.1, 0.15) is 5.76 Å². The summed E-state index contributed by atoms with van der Waals surface area (Å²) in [6.45, 7) is 1.87. The second-order valence-corrected chi connectivity index (χ2v) is 5.48. The number of hydrogen-bond donors (Lipinski definition) is 1. The predicted molar refractivity (Wildman–Crippen MR) is 64.3 cm³/mol. The van der Waals surface area contributed by atoms with Gasteiger partial charge in [-0.05, 0) is 6.92 Å². The lowest BCUT2D eigenvalue weighted by Crippen LogP contribution is -1.99. The van der Waals surface area contributed by atoms with Crippen LogP contribution in [0.5, 0.6) is 0 Å². The zero-order valence-electron chi connectivity index (χ0n) is 9.04. The summed E-state index contributed by atoms with van der Waals surface area (Å²) in [7, 11) is 0. The quantitative estimate of drug-likeness (QED) is 0.840. The van der Waals surface area contributed by atoms with Gasteiger partial charge in [-0.1, -0.05) is 16.9 Å². The van der Waals surface area contributed by atoms with Crippen molar-refractivity contribution >= 4 is 29.1 Å². The van der Waals surface area contributed by atoms with Crippen molar-refractivity contribution in [3.05, 3.63) is 28.6 Å². The maximum absolute atomic E-state index is 10.5. The lowest BCUT2D eigenvalue weighted by molar-refractivity contribution is -0.136. The van der Waals surface area contributed by atoms with Crippen LogP contribution in [-0.2, 0) is 17.0 Å². The number of carboxylic acids is 1. The number of aromatic nitrogens is 2. The van der Waals surface area contributed by atoms with Crippen LogP contribution in [0.1, 0.15) is 17.1 Å². The Balaban J connectivity index is 1.91. The van der Waals surface area contributed by atoms with Crippen molar-refractivity contribution in [2.45, 2.75) is 23.4 Å². The molecule has 90 valence electrons. The fraction of sp³-hybridized carbons (Fsp3) is 0.300. The summed E-state index contributed by atoms with van der Waals surface area (Å²) in [5.41, 5.74) is 1.45. The third-order valence-electron chi connectivity index (χ3n) is 1.88. The molecule has 0 aliphatic heterocycles. The number of thiazole rings is 1. The topological polar surface area (TPSA) is 76.2 Å². The van der Waals surface area contributed by atoms with Crippen molar-refractivity contribution in [2.75, 3.05) is 0 Å². The highest BCUT2D eigenvalue weighted by molar-refractivity contribution is 8.00. The van der Waals surface area contributed by atoms with E-state index in [9.17, 15) is 4.79 Å². The van der Waals surface area contributed by atoms with Gasteiger partial charge < -0.3 is 9.63 Å². The fourth-order valence-electron chi connectivity index (χ4n) is 1.21. The second kappa shape index (κ2) is 5.33. The monoisotopic (exact) mass is 270 g/mol. The molecule has 5 nitrogen and oxygen atoms in total. The number of carboxylic acid groups (broad SMARTS) is 1. The first-order chi connectivity index (χ1) is 8.13. The number of rotatable bonds is 5. The Morgan fingerprint density at radius 1 is 1.65 bits per heavy atom. The van der Waals surface area contributed by atoms with Gasteiger partial charge in [0.05, 0.1) is 23.6 Å². The molecule has 7 heteroatoms. The molecule has 2 aromatic heterocycles. The molecule has 0 amide bonds. The van der Waals surface area contributed by atoms with E-state index < -0.39 is 5.97 Å². The van der Waals surface area contributed by atoms with E-state index in [1.807, 2.05) is 13.0 Å². The molecular formula is C10H10N2O3S2. The molecule has 0 saturated heterocycles. The van der Waals surface area contributed by atoms with E-state index in [4.69, 9.17) is 9.63 Å². The molecular weight excluding hydrogens is 260 g/mol. The number of nitrogens with zero attached hydrogens (tertiary/aromatic N) is 2. The average molecular weight is 270 g/mol. The Hall–Kier alpha value is -1.34. The number of thioether (sulfide) groups is 1. The normalized spacial score (nSPS) is 10.6. The Morgan fingerprint density at radius 2 is 2.47 bits per heavy atom. The SMILES string of the molecule is Cc1cc(CSc2nc(CC(=O)O)cs2)on1. The fourth-order valence-corrected chi connectivity index (χ4v) is 2.93. The summed E-state index contributed by atoms with van der Waals surface area (Å²) in [4.78, 5) is 14.7. The van der Waals surface area contributed by atoms with E-state index in [1.54, 1.807) is 5.38 Å². The number of hydrogen-bond acceptors (Lipinski definition) is 6. The molecule has 0 aliphatic carbocycles. The number of aliphatic carboxylic acids is 1. The third-order valence-corrected chi connectivity index (χ3v) is 3.97. The minimum absolute atomic E-state index is 0.0293. The van der Waals surface area contributed by atoms with Gasteiger partial charge in [-0.2, -0.15) is 0 Å². The molecule has 0 atom stereocenters. The van der Waals surface area contributed by atoms with E-state index in [2.05, 4.69) is 10.1 Å². The molecule has 0 aromatic carbocycles. The molecule has 17 heavy (non-hydrogen) atoms. The molecule has 0 bridgehead atoms. The summed E-state index contributed by atoms with van der Waals surface area (Å²) in [5.74, 6) is 0.584. The Bertz CT molecular complexity index is 521. The zero-order valence-corrected chi connectivity index (χ0v) is 10.7. The van der Waals surface area contributed by atoms with Crippen molar-refractivity contribution in [3.8, 4) is 0 Å². The summed E-state index contributed by atoms with van der Waals surface area (Å²) in [6, 6.07) is 1.87. The van der Waals surface area contributed by atoms with Gasteiger partial charge in [-0.15, -0.1) is 11.3 Å². The first-order valence-electron chi connectivity index (χ1n) is 4.84. The van der Waals surface area contributed by atoms with E-state index in [1.165, 1.54) is 23.1 Å². The molecule has 0 aliphatic rings. The highest BCUT2D eigenvalue weighted by Crippen LogP contribution is 2.26. The lowest BCUT2D eigenvalue weighted by atomic mass is 10.3. The lowest BCUT2D eigenvalue weighted by Gasteiger charge is -1.92. The minimum Gasteiger partial charge on any atom is -0.481 e. The Labute approximate surface area is 106 Å². The minimum atomic E-state index is -0.863.